The summed E-state index contributed by atoms with van der Waals surface area (Å²) >= 11 is 0. The molecule has 2 heterocycles. The molecule has 0 saturated carbocycles. The fourth-order valence-electron chi connectivity index (χ4n) is 3.73. The fourth-order valence-corrected chi connectivity index (χ4v) is 3.73. The molecule has 3 rings (SSSR count). The molecule has 166 valence electrons. The molecule has 0 bridgehead atoms. The third kappa shape index (κ3) is 4.38. The van der Waals surface area contributed by atoms with Crippen LogP contribution in [0.2, 0.25) is 0 Å². The van der Waals surface area contributed by atoms with E-state index in [2.05, 4.69) is 4.98 Å². The van der Waals surface area contributed by atoms with Crippen LogP contribution >= 0.6 is 0 Å². The zero-order valence-corrected chi connectivity index (χ0v) is 17.5. The van der Waals surface area contributed by atoms with Gasteiger partial charge in [-0.1, -0.05) is 12.1 Å². The molecular formula is C21H26N4O6. The Morgan fingerprint density at radius 1 is 1.16 bits per heavy atom. The van der Waals surface area contributed by atoms with E-state index in [0.717, 1.165) is 0 Å². The lowest BCUT2D eigenvalue weighted by atomic mass is 9.95. The van der Waals surface area contributed by atoms with Crippen LogP contribution in [0.15, 0.2) is 24.3 Å². The second kappa shape index (κ2) is 9.61. The first-order valence-electron chi connectivity index (χ1n) is 10.0. The molecule has 10 nitrogen and oxygen atoms in total. The van der Waals surface area contributed by atoms with Crippen molar-refractivity contribution in [3.05, 3.63) is 35.5 Å². The summed E-state index contributed by atoms with van der Waals surface area (Å²) in [6.45, 7) is 2.58. The fraction of sp³-hybridized carbons (Fsp3) is 0.429. The van der Waals surface area contributed by atoms with Crippen LogP contribution in [0, 0.1) is 0 Å². The molecule has 0 radical (unpaired) electrons. The number of carbonyl (C=O) groups excluding carboxylic acids is 3. The molecule has 1 aromatic carbocycles. The number of aliphatic hydroxyl groups excluding tert-OH is 1. The molecule has 31 heavy (non-hydrogen) atoms. The van der Waals surface area contributed by atoms with Crippen LogP contribution in [0.5, 0.6) is 5.75 Å². The van der Waals surface area contributed by atoms with Crippen molar-refractivity contribution < 1.29 is 29.0 Å². The van der Waals surface area contributed by atoms with Gasteiger partial charge in [-0.3, -0.25) is 14.6 Å². The Balaban J connectivity index is 1.93. The number of primary amides is 1. The van der Waals surface area contributed by atoms with Gasteiger partial charge in [-0.25, -0.2) is 4.79 Å². The lowest BCUT2D eigenvalue weighted by molar-refractivity contribution is -0.135. The molecule has 1 saturated heterocycles. The molecule has 3 N–H and O–H groups in total. The number of carbonyl (C=O) groups is 3. The molecule has 3 amide bonds. The average molecular weight is 430 g/mol. The third-order valence-corrected chi connectivity index (χ3v) is 5.25. The maximum Gasteiger partial charge on any atom is 0.409 e. The summed E-state index contributed by atoms with van der Waals surface area (Å²) in [5, 5.41) is 10.6. The standard InChI is InChI=1S/C21H26N4O6/c1-3-31-21(29)25-10-8-24(9-11-25)20(28)14(12-26)17-16(19(22)27)18(30-2)13-6-4-5-7-15(13)23-17/h4-7,14,26H,3,8-12H2,1-2H3,(H2,22,27). The highest BCUT2D eigenvalue weighted by Gasteiger charge is 2.34. The highest BCUT2D eigenvalue weighted by Crippen LogP contribution is 2.34. The number of rotatable bonds is 6. The number of hydrogen-bond donors (Lipinski definition) is 2. The summed E-state index contributed by atoms with van der Waals surface area (Å²) in [7, 11) is 1.41. The van der Waals surface area contributed by atoms with E-state index < -0.39 is 30.4 Å². The second-order valence-electron chi connectivity index (χ2n) is 7.03. The van der Waals surface area contributed by atoms with E-state index in [4.69, 9.17) is 15.2 Å². The Hall–Kier alpha value is -3.40. The van der Waals surface area contributed by atoms with E-state index in [1.807, 2.05) is 0 Å². The summed E-state index contributed by atoms with van der Waals surface area (Å²) in [5.41, 5.74) is 6.16. The minimum absolute atomic E-state index is 0.0289. The van der Waals surface area contributed by atoms with Crippen LogP contribution in [0.1, 0.15) is 28.9 Å². The number of fused-ring (bicyclic) bond motifs is 1. The molecule has 0 aliphatic carbocycles. The predicted octanol–water partition coefficient (Wildman–Crippen LogP) is 0.719. The van der Waals surface area contributed by atoms with Gasteiger partial charge in [-0.2, -0.15) is 0 Å². The van der Waals surface area contributed by atoms with E-state index in [0.29, 0.717) is 24.0 Å². The van der Waals surface area contributed by atoms with Crippen molar-refractivity contribution in [2.45, 2.75) is 12.8 Å². The first-order chi connectivity index (χ1) is 14.9. The largest absolute Gasteiger partial charge is 0.495 e. The summed E-state index contributed by atoms with van der Waals surface area (Å²) in [6, 6.07) is 7.01. The molecule has 0 spiro atoms. The van der Waals surface area contributed by atoms with Crippen molar-refractivity contribution in [3.63, 3.8) is 0 Å². The number of amides is 3. The van der Waals surface area contributed by atoms with Crippen LogP contribution < -0.4 is 10.5 Å². The van der Waals surface area contributed by atoms with Gasteiger partial charge in [0, 0.05) is 31.6 Å². The quantitative estimate of drug-likeness (QED) is 0.689. The highest BCUT2D eigenvalue weighted by molar-refractivity contribution is 6.04. The number of benzene rings is 1. The van der Waals surface area contributed by atoms with Gasteiger partial charge in [0.2, 0.25) is 5.91 Å². The van der Waals surface area contributed by atoms with Crippen LogP contribution in [-0.4, -0.2) is 84.3 Å². The topological polar surface area (TPSA) is 135 Å². The number of pyridine rings is 1. The lowest BCUT2D eigenvalue weighted by Gasteiger charge is -2.35. The molecular weight excluding hydrogens is 404 g/mol. The number of para-hydroxylation sites is 1. The molecule has 1 aromatic heterocycles. The van der Waals surface area contributed by atoms with Crippen molar-refractivity contribution >= 4 is 28.8 Å². The van der Waals surface area contributed by atoms with Crippen LogP contribution in [0.4, 0.5) is 4.79 Å². The summed E-state index contributed by atoms with van der Waals surface area (Å²) in [5.74, 6) is -2.09. The molecule has 1 unspecified atom stereocenters. The van der Waals surface area contributed by atoms with Gasteiger partial charge in [-0.05, 0) is 19.1 Å². The number of aromatic nitrogens is 1. The van der Waals surface area contributed by atoms with E-state index in [-0.39, 0.29) is 36.7 Å². The maximum atomic E-state index is 13.2. The van der Waals surface area contributed by atoms with E-state index >= 15 is 0 Å². The minimum atomic E-state index is -1.10. The van der Waals surface area contributed by atoms with Gasteiger partial charge in [0.15, 0.2) is 0 Å². The van der Waals surface area contributed by atoms with Gasteiger partial charge in [0.1, 0.15) is 17.2 Å². The van der Waals surface area contributed by atoms with Crippen molar-refractivity contribution in [2.24, 2.45) is 5.73 Å². The van der Waals surface area contributed by atoms with E-state index in [9.17, 15) is 19.5 Å². The Bertz CT molecular complexity index is 987. The lowest BCUT2D eigenvalue weighted by Crippen LogP contribution is -2.52. The number of piperazine rings is 1. The average Bonchev–Trinajstić information content (AvgIpc) is 2.78. The third-order valence-electron chi connectivity index (χ3n) is 5.25. The number of nitrogens with two attached hydrogens (primary N) is 1. The summed E-state index contributed by atoms with van der Waals surface area (Å²) in [4.78, 5) is 44.9. The minimum Gasteiger partial charge on any atom is -0.495 e. The number of nitrogens with zero attached hydrogens (tertiary/aromatic N) is 3. The Labute approximate surface area is 179 Å². The first kappa shape index (κ1) is 22.3. The molecule has 1 aliphatic heterocycles. The molecule has 10 heteroatoms. The van der Waals surface area contributed by atoms with Crippen LogP contribution in [0.25, 0.3) is 10.9 Å². The normalized spacial score (nSPS) is 14.9. The highest BCUT2D eigenvalue weighted by atomic mass is 16.6. The predicted molar refractivity (Wildman–Crippen MR) is 112 cm³/mol. The van der Waals surface area contributed by atoms with Crippen molar-refractivity contribution in [1.29, 1.82) is 0 Å². The Kier molecular flexibility index (Phi) is 6.91. The van der Waals surface area contributed by atoms with Crippen molar-refractivity contribution in [1.82, 2.24) is 14.8 Å². The van der Waals surface area contributed by atoms with E-state index in [1.54, 1.807) is 31.2 Å². The number of hydrogen-bond acceptors (Lipinski definition) is 7. The van der Waals surface area contributed by atoms with Gasteiger partial charge in [0.25, 0.3) is 5.91 Å². The zero-order chi connectivity index (χ0) is 22.5. The zero-order valence-electron chi connectivity index (χ0n) is 17.5. The summed E-state index contributed by atoms with van der Waals surface area (Å²) in [6.07, 6.45) is -0.426. The van der Waals surface area contributed by atoms with Gasteiger partial charge in [-0.15, -0.1) is 0 Å². The maximum absolute atomic E-state index is 13.2. The first-order valence-corrected chi connectivity index (χ1v) is 10.0. The van der Waals surface area contributed by atoms with Crippen LogP contribution in [-0.2, 0) is 9.53 Å². The summed E-state index contributed by atoms with van der Waals surface area (Å²) < 4.78 is 10.4. The molecule has 1 aliphatic rings. The van der Waals surface area contributed by atoms with Crippen molar-refractivity contribution in [2.75, 3.05) is 46.5 Å². The van der Waals surface area contributed by atoms with Gasteiger partial charge >= 0.3 is 6.09 Å². The molecule has 1 atom stereocenters. The monoisotopic (exact) mass is 430 g/mol. The van der Waals surface area contributed by atoms with Crippen LogP contribution in [0.3, 0.4) is 0 Å². The Morgan fingerprint density at radius 3 is 2.39 bits per heavy atom. The smallest absolute Gasteiger partial charge is 0.409 e. The van der Waals surface area contributed by atoms with Crippen molar-refractivity contribution in [3.8, 4) is 5.75 Å². The number of aliphatic hydroxyl groups is 1. The van der Waals surface area contributed by atoms with Gasteiger partial charge < -0.3 is 30.1 Å². The SMILES string of the molecule is CCOC(=O)N1CCN(C(=O)C(CO)c2nc3ccccc3c(OC)c2C(N)=O)CC1. The van der Waals surface area contributed by atoms with Gasteiger partial charge in [0.05, 0.1) is 31.5 Å². The second-order valence-corrected chi connectivity index (χ2v) is 7.03. The Morgan fingerprint density at radius 2 is 1.81 bits per heavy atom. The number of ether oxygens (including phenoxy) is 2. The number of methoxy groups -OCH3 is 1. The molecule has 2 aromatic rings. The van der Waals surface area contributed by atoms with E-state index in [1.165, 1.54) is 16.9 Å². The molecule has 1 fully saturated rings.